The monoisotopic (exact) mass is 299 g/mol. The Bertz CT molecular complexity index is 323. The van der Waals surface area contributed by atoms with E-state index < -0.39 is 0 Å². The third-order valence-corrected chi connectivity index (χ3v) is 5.80. The van der Waals surface area contributed by atoms with Crippen molar-refractivity contribution in [3.8, 4) is 0 Å². The lowest BCUT2D eigenvalue weighted by Gasteiger charge is -2.23. The summed E-state index contributed by atoms with van der Waals surface area (Å²) in [4.78, 5) is 1.51. The first kappa shape index (κ1) is 15.4. The van der Waals surface area contributed by atoms with E-state index >= 15 is 0 Å². The molecule has 0 saturated heterocycles. The number of hydrogen-bond donors (Lipinski definition) is 2. The van der Waals surface area contributed by atoms with Crippen LogP contribution in [-0.4, -0.2) is 29.8 Å². The van der Waals surface area contributed by atoms with E-state index in [1.807, 2.05) is 23.1 Å². The Morgan fingerprint density at radius 3 is 2.89 bits per heavy atom. The van der Waals surface area contributed by atoms with Gasteiger partial charge in [-0.05, 0) is 42.4 Å². The summed E-state index contributed by atoms with van der Waals surface area (Å²) in [5.41, 5.74) is 0. The normalized spacial score (nSPS) is 17.9. The Hall–Kier alpha value is -0.0300. The number of hydrogen-bond acceptors (Lipinski definition) is 4. The van der Waals surface area contributed by atoms with Gasteiger partial charge in [0.05, 0.1) is 0 Å². The van der Waals surface area contributed by atoms with E-state index in [9.17, 15) is 0 Å². The maximum Gasteiger partial charge on any atom is 0.0443 e. The number of nitrogens with one attached hydrogen (secondary N) is 1. The highest BCUT2D eigenvalue weighted by atomic mass is 32.2. The van der Waals surface area contributed by atoms with Gasteiger partial charge in [0.15, 0.2) is 0 Å². The van der Waals surface area contributed by atoms with E-state index in [0.29, 0.717) is 12.6 Å². The van der Waals surface area contributed by atoms with Crippen molar-refractivity contribution in [2.75, 3.05) is 24.7 Å². The fourth-order valence-corrected chi connectivity index (χ4v) is 4.51. The van der Waals surface area contributed by atoms with E-state index in [4.69, 9.17) is 5.11 Å². The molecule has 0 radical (unpaired) electrons. The molecule has 2 rings (SSSR count). The molecule has 0 aliphatic heterocycles. The Morgan fingerprint density at radius 1 is 1.37 bits per heavy atom. The van der Waals surface area contributed by atoms with Crippen LogP contribution in [0, 0.1) is 5.92 Å². The summed E-state index contributed by atoms with van der Waals surface area (Å²) in [5.74, 6) is 3.06. The first-order chi connectivity index (χ1) is 9.42. The van der Waals surface area contributed by atoms with Crippen molar-refractivity contribution >= 4 is 23.1 Å². The van der Waals surface area contributed by atoms with Crippen LogP contribution in [0.5, 0.6) is 0 Å². The average Bonchev–Trinajstić information content (AvgIpc) is 3.11. The second-order valence-electron chi connectivity index (χ2n) is 5.18. The molecule has 2 N–H and O–H groups in total. The summed E-state index contributed by atoms with van der Waals surface area (Å²) in [6.07, 6.45) is 6.49. The number of thioether (sulfide) groups is 1. The highest BCUT2D eigenvalue weighted by molar-refractivity contribution is 7.99. The first-order valence-corrected chi connectivity index (χ1v) is 9.40. The number of aliphatic hydroxyl groups is 1. The minimum absolute atomic E-state index is 0.320. The van der Waals surface area contributed by atoms with Crippen LogP contribution < -0.4 is 5.32 Å². The minimum Gasteiger partial charge on any atom is -0.396 e. The van der Waals surface area contributed by atoms with Gasteiger partial charge in [-0.25, -0.2) is 0 Å². The molecular formula is C15H25NOS2. The van der Waals surface area contributed by atoms with Gasteiger partial charge in [0.25, 0.3) is 0 Å². The fourth-order valence-electron chi connectivity index (χ4n) is 2.81. The molecule has 1 unspecified atom stereocenters. The Balaban J connectivity index is 1.75. The van der Waals surface area contributed by atoms with E-state index in [1.165, 1.54) is 30.6 Å². The van der Waals surface area contributed by atoms with Gasteiger partial charge in [-0.2, -0.15) is 11.8 Å². The van der Waals surface area contributed by atoms with Crippen molar-refractivity contribution in [3.05, 3.63) is 22.4 Å². The second kappa shape index (κ2) is 9.01. The van der Waals surface area contributed by atoms with Crippen molar-refractivity contribution in [2.24, 2.45) is 5.92 Å². The van der Waals surface area contributed by atoms with Gasteiger partial charge in [0.2, 0.25) is 0 Å². The molecule has 1 aromatic rings. The quantitative estimate of drug-likeness (QED) is 0.682. The highest BCUT2D eigenvalue weighted by Gasteiger charge is 2.26. The van der Waals surface area contributed by atoms with Gasteiger partial charge in [-0.3, -0.25) is 0 Å². The zero-order chi connectivity index (χ0) is 13.3. The molecule has 108 valence electrons. The van der Waals surface area contributed by atoms with Crippen LogP contribution in [0.3, 0.4) is 0 Å². The van der Waals surface area contributed by atoms with Gasteiger partial charge in [0.1, 0.15) is 0 Å². The van der Waals surface area contributed by atoms with Crippen LogP contribution in [0.2, 0.25) is 0 Å². The molecule has 0 spiro atoms. The molecule has 1 saturated carbocycles. The smallest absolute Gasteiger partial charge is 0.0443 e. The predicted molar refractivity (Wildman–Crippen MR) is 86.0 cm³/mol. The van der Waals surface area contributed by atoms with Crippen LogP contribution in [-0.2, 0) is 0 Å². The number of aliphatic hydroxyl groups excluding tert-OH is 1. The number of thiophene rings is 1. The third-order valence-electron chi connectivity index (χ3n) is 3.78. The molecule has 1 fully saturated rings. The standard InChI is InChI=1S/C15H25NOS2/c17-9-4-10-18-12-8-16-15(13-5-1-2-6-13)14-7-3-11-19-14/h3,7,11,13,15-17H,1-2,4-6,8-10,12H2. The summed E-state index contributed by atoms with van der Waals surface area (Å²) >= 11 is 3.83. The molecule has 1 atom stereocenters. The minimum atomic E-state index is 0.320. The van der Waals surface area contributed by atoms with Crippen molar-refractivity contribution < 1.29 is 5.11 Å². The molecule has 1 heterocycles. The van der Waals surface area contributed by atoms with Gasteiger partial charge in [-0.15, -0.1) is 11.3 Å². The maximum absolute atomic E-state index is 8.75. The molecule has 0 amide bonds. The van der Waals surface area contributed by atoms with Gasteiger partial charge >= 0.3 is 0 Å². The second-order valence-corrected chi connectivity index (χ2v) is 7.39. The van der Waals surface area contributed by atoms with Crippen LogP contribution in [0.4, 0.5) is 0 Å². The van der Waals surface area contributed by atoms with Crippen molar-refractivity contribution in [1.29, 1.82) is 0 Å². The Labute approximate surface area is 125 Å². The van der Waals surface area contributed by atoms with Crippen molar-refractivity contribution in [3.63, 3.8) is 0 Å². The maximum atomic E-state index is 8.75. The van der Waals surface area contributed by atoms with E-state index in [2.05, 4.69) is 22.8 Å². The molecule has 4 heteroatoms. The van der Waals surface area contributed by atoms with E-state index in [0.717, 1.165) is 30.4 Å². The van der Waals surface area contributed by atoms with Crippen LogP contribution in [0.15, 0.2) is 17.5 Å². The van der Waals surface area contributed by atoms with Gasteiger partial charge < -0.3 is 10.4 Å². The molecule has 1 aromatic heterocycles. The summed E-state index contributed by atoms with van der Waals surface area (Å²) in [6, 6.07) is 5.01. The lowest BCUT2D eigenvalue weighted by molar-refractivity contribution is 0.296. The molecule has 0 bridgehead atoms. The molecule has 1 aliphatic rings. The highest BCUT2D eigenvalue weighted by Crippen LogP contribution is 2.37. The van der Waals surface area contributed by atoms with Crippen molar-refractivity contribution in [1.82, 2.24) is 5.32 Å². The Morgan fingerprint density at radius 2 is 2.21 bits per heavy atom. The van der Waals surface area contributed by atoms with Gasteiger partial charge in [0, 0.05) is 29.8 Å². The molecule has 2 nitrogen and oxygen atoms in total. The van der Waals surface area contributed by atoms with E-state index in [1.54, 1.807) is 0 Å². The summed E-state index contributed by atoms with van der Waals surface area (Å²) in [5, 5.41) is 14.7. The topological polar surface area (TPSA) is 32.3 Å². The molecule has 1 aliphatic carbocycles. The van der Waals surface area contributed by atoms with Crippen molar-refractivity contribution in [2.45, 2.75) is 38.1 Å². The lowest BCUT2D eigenvalue weighted by Crippen LogP contribution is -2.28. The zero-order valence-electron chi connectivity index (χ0n) is 11.5. The number of rotatable bonds is 9. The molecule has 19 heavy (non-hydrogen) atoms. The van der Waals surface area contributed by atoms with E-state index in [-0.39, 0.29) is 0 Å². The molecule has 0 aromatic carbocycles. The fraction of sp³-hybridized carbons (Fsp3) is 0.733. The summed E-state index contributed by atoms with van der Waals surface area (Å²) < 4.78 is 0. The largest absolute Gasteiger partial charge is 0.396 e. The van der Waals surface area contributed by atoms with Crippen LogP contribution in [0.25, 0.3) is 0 Å². The summed E-state index contributed by atoms with van der Waals surface area (Å²) in [6.45, 7) is 1.40. The lowest BCUT2D eigenvalue weighted by atomic mass is 9.97. The zero-order valence-corrected chi connectivity index (χ0v) is 13.1. The van der Waals surface area contributed by atoms with Crippen LogP contribution >= 0.6 is 23.1 Å². The molecular weight excluding hydrogens is 274 g/mol. The van der Waals surface area contributed by atoms with Gasteiger partial charge in [-0.1, -0.05) is 18.9 Å². The predicted octanol–water partition coefficient (Wildman–Crippen LogP) is 3.68. The van der Waals surface area contributed by atoms with Crippen LogP contribution in [0.1, 0.15) is 43.0 Å². The Kier molecular flexibility index (Phi) is 7.28. The first-order valence-electron chi connectivity index (χ1n) is 7.37. The third kappa shape index (κ3) is 5.10. The SMILES string of the molecule is OCCCSCCNC(c1cccs1)C1CCCC1. The average molecular weight is 300 g/mol. The summed E-state index contributed by atoms with van der Waals surface area (Å²) in [7, 11) is 0.